The van der Waals surface area contributed by atoms with Crippen LogP contribution in [0.15, 0.2) is 0 Å². The molecule has 0 radical (unpaired) electrons. The number of likely N-dealkylation sites (tertiary alicyclic amines) is 1. The molecule has 1 saturated heterocycles. The van der Waals surface area contributed by atoms with E-state index >= 15 is 0 Å². The van der Waals surface area contributed by atoms with Crippen molar-refractivity contribution in [2.75, 3.05) is 19.6 Å². The minimum atomic E-state index is -0.0278. The number of piperidine rings is 1. The van der Waals surface area contributed by atoms with Crippen molar-refractivity contribution in [3.63, 3.8) is 0 Å². The largest absolute Gasteiger partial charge is 0.354 e. The van der Waals surface area contributed by atoms with Crippen molar-refractivity contribution in [2.24, 2.45) is 11.7 Å². The Bertz CT molecular complexity index is 292. The summed E-state index contributed by atoms with van der Waals surface area (Å²) in [7, 11) is 0. The summed E-state index contributed by atoms with van der Waals surface area (Å²) >= 11 is 0. The van der Waals surface area contributed by atoms with Crippen LogP contribution in [0.25, 0.3) is 0 Å². The summed E-state index contributed by atoms with van der Waals surface area (Å²) in [6.45, 7) is 5.57. The standard InChI is InChI=1S/C13H25N3O2/c1-10(2)13(18)16-8-4-3-5-11(16)9-15-12(17)6-7-14/h10-11H,3-9,14H2,1-2H3,(H,15,17). The first-order valence-corrected chi connectivity index (χ1v) is 6.83. The second-order valence-electron chi connectivity index (χ2n) is 5.18. The van der Waals surface area contributed by atoms with Gasteiger partial charge in [-0.05, 0) is 19.3 Å². The lowest BCUT2D eigenvalue weighted by atomic mass is 10.00. The van der Waals surface area contributed by atoms with Gasteiger partial charge in [0.25, 0.3) is 0 Å². The average molecular weight is 255 g/mol. The maximum Gasteiger partial charge on any atom is 0.225 e. The first-order valence-electron chi connectivity index (χ1n) is 6.83. The molecule has 1 fully saturated rings. The van der Waals surface area contributed by atoms with Gasteiger partial charge in [-0.3, -0.25) is 9.59 Å². The average Bonchev–Trinajstić information content (AvgIpc) is 2.36. The molecule has 2 amide bonds. The lowest BCUT2D eigenvalue weighted by Gasteiger charge is -2.37. The van der Waals surface area contributed by atoms with E-state index in [4.69, 9.17) is 5.73 Å². The summed E-state index contributed by atoms with van der Waals surface area (Å²) in [5.41, 5.74) is 5.33. The van der Waals surface area contributed by atoms with Crippen molar-refractivity contribution in [2.45, 2.75) is 45.6 Å². The van der Waals surface area contributed by atoms with Gasteiger partial charge >= 0.3 is 0 Å². The van der Waals surface area contributed by atoms with Gasteiger partial charge in [0, 0.05) is 38.0 Å². The van der Waals surface area contributed by atoms with Crippen LogP contribution in [0.1, 0.15) is 39.5 Å². The number of hydrogen-bond donors (Lipinski definition) is 2. The maximum absolute atomic E-state index is 12.1. The predicted molar refractivity (Wildman–Crippen MR) is 70.9 cm³/mol. The molecule has 0 spiro atoms. The molecule has 18 heavy (non-hydrogen) atoms. The van der Waals surface area contributed by atoms with E-state index in [1.54, 1.807) is 0 Å². The summed E-state index contributed by atoms with van der Waals surface area (Å²) in [6.07, 6.45) is 3.51. The van der Waals surface area contributed by atoms with E-state index in [-0.39, 0.29) is 23.8 Å². The third-order valence-electron chi connectivity index (χ3n) is 3.31. The van der Waals surface area contributed by atoms with Gasteiger partial charge in [-0.2, -0.15) is 0 Å². The fraction of sp³-hybridized carbons (Fsp3) is 0.846. The first kappa shape index (κ1) is 15.0. The molecule has 3 N–H and O–H groups in total. The van der Waals surface area contributed by atoms with E-state index in [9.17, 15) is 9.59 Å². The second kappa shape index (κ2) is 7.36. The fourth-order valence-electron chi connectivity index (χ4n) is 2.29. The molecule has 1 aliphatic heterocycles. The number of nitrogens with zero attached hydrogens (tertiary/aromatic N) is 1. The molecule has 5 nitrogen and oxygen atoms in total. The first-order chi connectivity index (χ1) is 8.56. The van der Waals surface area contributed by atoms with Gasteiger partial charge in [-0.1, -0.05) is 13.8 Å². The van der Waals surface area contributed by atoms with Gasteiger partial charge in [0.15, 0.2) is 0 Å². The molecule has 1 unspecified atom stereocenters. The third-order valence-corrected chi connectivity index (χ3v) is 3.31. The molecule has 0 aromatic heterocycles. The number of nitrogens with two attached hydrogens (primary N) is 1. The Kier molecular flexibility index (Phi) is 6.12. The second-order valence-corrected chi connectivity index (χ2v) is 5.18. The number of carbonyl (C=O) groups excluding carboxylic acids is 2. The molecule has 1 aliphatic rings. The number of nitrogens with one attached hydrogen (secondary N) is 1. The van der Waals surface area contributed by atoms with Crippen LogP contribution < -0.4 is 11.1 Å². The molecular weight excluding hydrogens is 230 g/mol. The zero-order chi connectivity index (χ0) is 13.5. The van der Waals surface area contributed by atoms with Crippen LogP contribution in [-0.4, -0.2) is 42.4 Å². The molecule has 0 bridgehead atoms. The molecule has 5 heteroatoms. The summed E-state index contributed by atoms with van der Waals surface area (Å²) in [4.78, 5) is 25.4. The Labute approximate surface area is 109 Å². The minimum Gasteiger partial charge on any atom is -0.354 e. The van der Waals surface area contributed by atoms with Crippen molar-refractivity contribution in [1.29, 1.82) is 0 Å². The molecule has 104 valence electrons. The Morgan fingerprint density at radius 2 is 2.11 bits per heavy atom. The molecule has 0 aliphatic carbocycles. The Balaban J connectivity index is 2.49. The molecule has 1 atom stereocenters. The van der Waals surface area contributed by atoms with Gasteiger partial charge in [0.1, 0.15) is 0 Å². The van der Waals surface area contributed by atoms with Crippen LogP contribution in [0.4, 0.5) is 0 Å². The molecule has 1 rings (SSSR count). The lowest BCUT2D eigenvalue weighted by Crippen LogP contribution is -2.50. The Hall–Kier alpha value is -1.10. The van der Waals surface area contributed by atoms with Gasteiger partial charge in [-0.15, -0.1) is 0 Å². The van der Waals surface area contributed by atoms with Crippen molar-refractivity contribution < 1.29 is 9.59 Å². The van der Waals surface area contributed by atoms with E-state index in [1.165, 1.54) is 0 Å². The zero-order valence-electron chi connectivity index (χ0n) is 11.4. The highest BCUT2D eigenvalue weighted by Gasteiger charge is 2.28. The molecular formula is C13H25N3O2. The molecule has 1 heterocycles. The Morgan fingerprint density at radius 3 is 2.72 bits per heavy atom. The zero-order valence-corrected chi connectivity index (χ0v) is 11.4. The van der Waals surface area contributed by atoms with Crippen molar-refractivity contribution in [3.05, 3.63) is 0 Å². The minimum absolute atomic E-state index is 0.0188. The fourth-order valence-corrected chi connectivity index (χ4v) is 2.29. The number of rotatable bonds is 5. The van der Waals surface area contributed by atoms with Crippen molar-refractivity contribution in [3.8, 4) is 0 Å². The lowest BCUT2D eigenvalue weighted by molar-refractivity contribution is -0.138. The number of carbonyl (C=O) groups is 2. The SMILES string of the molecule is CC(C)C(=O)N1CCCCC1CNC(=O)CCN. The summed E-state index contributed by atoms with van der Waals surface area (Å²) in [6, 6.07) is 0.148. The summed E-state index contributed by atoms with van der Waals surface area (Å²) in [5.74, 6) is 0.179. The van der Waals surface area contributed by atoms with Gasteiger partial charge in [0.05, 0.1) is 0 Å². The molecule has 0 aromatic carbocycles. The highest BCUT2D eigenvalue weighted by Crippen LogP contribution is 2.18. The quantitative estimate of drug-likeness (QED) is 0.750. The van der Waals surface area contributed by atoms with E-state index < -0.39 is 0 Å². The van der Waals surface area contributed by atoms with Crippen LogP contribution in [0, 0.1) is 5.92 Å². The summed E-state index contributed by atoms with van der Waals surface area (Å²) in [5, 5.41) is 2.86. The van der Waals surface area contributed by atoms with Crippen LogP contribution in [0.2, 0.25) is 0 Å². The predicted octanol–water partition coefficient (Wildman–Crippen LogP) is 0.489. The van der Waals surface area contributed by atoms with Crippen molar-refractivity contribution in [1.82, 2.24) is 10.2 Å². The van der Waals surface area contributed by atoms with Crippen LogP contribution in [0.3, 0.4) is 0 Å². The van der Waals surface area contributed by atoms with E-state index in [1.807, 2.05) is 18.7 Å². The van der Waals surface area contributed by atoms with Gasteiger partial charge < -0.3 is 16.0 Å². The van der Waals surface area contributed by atoms with Crippen molar-refractivity contribution >= 4 is 11.8 Å². The normalized spacial score (nSPS) is 20.0. The Morgan fingerprint density at radius 1 is 1.39 bits per heavy atom. The maximum atomic E-state index is 12.1. The smallest absolute Gasteiger partial charge is 0.225 e. The number of amides is 2. The highest BCUT2D eigenvalue weighted by atomic mass is 16.2. The van der Waals surface area contributed by atoms with E-state index in [0.29, 0.717) is 19.5 Å². The summed E-state index contributed by atoms with van der Waals surface area (Å²) < 4.78 is 0. The van der Waals surface area contributed by atoms with Crippen LogP contribution in [-0.2, 0) is 9.59 Å². The van der Waals surface area contributed by atoms with Gasteiger partial charge in [-0.25, -0.2) is 0 Å². The van der Waals surface area contributed by atoms with Crippen LogP contribution in [0.5, 0.6) is 0 Å². The third kappa shape index (κ3) is 4.29. The van der Waals surface area contributed by atoms with Crippen LogP contribution >= 0.6 is 0 Å². The number of hydrogen-bond acceptors (Lipinski definition) is 3. The topological polar surface area (TPSA) is 75.4 Å². The molecule has 0 saturated carbocycles. The highest BCUT2D eigenvalue weighted by molar-refractivity contribution is 5.79. The monoisotopic (exact) mass is 255 g/mol. The van der Waals surface area contributed by atoms with Gasteiger partial charge in [0.2, 0.25) is 11.8 Å². The van der Waals surface area contributed by atoms with E-state index in [2.05, 4.69) is 5.32 Å². The van der Waals surface area contributed by atoms with E-state index in [0.717, 1.165) is 25.8 Å². The molecule has 0 aromatic rings.